The van der Waals surface area contributed by atoms with Crippen molar-refractivity contribution in [3.63, 3.8) is 0 Å². The first-order chi connectivity index (χ1) is 15.1. The van der Waals surface area contributed by atoms with Crippen molar-refractivity contribution in [1.29, 1.82) is 0 Å². The van der Waals surface area contributed by atoms with Gasteiger partial charge in [0.25, 0.3) is 0 Å². The third-order valence-corrected chi connectivity index (χ3v) is 5.11. The fourth-order valence-electron chi connectivity index (χ4n) is 3.59. The standard InChI is InChI=1S/C24H29N7O/c1-14-9-18-20(29-23(25)30-21(18)22(28-14)26-13-24(2,3)4)17-8-7-15(10-19(17)32-6)16-11-27-31(5)12-16/h7-12H,13H2,1-6H3,(H,26,28)(H2,25,29,30). The Morgan fingerprint density at radius 1 is 1.09 bits per heavy atom. The number of nitrogens with one attached hydrogen (secondary N) is 1. The number of ether oxygens (including phenoxy) is 1. The number of nitrogens with two attached hydrogens (primary N) is 1. The minimum absolute atomic E-state index is 0.0878. The van der Waals surface area contributed by atoms with Crippen molar-refractivity contribution in [2.24, 2.45) is 12.5 Å². The Bertz CT molecular complexity index is 1290. The van der Waals surface area contributed by atoms with Gasteiger partial charge in [-0.2, -0.15) is 5.10 Å². The third kappa shape index (κ3) is 4.34. The lowest BCUT2D eigenvalue weighted by Crippen LogP contribution is -2.20. The number of methoxy groups -OCH3 is 1. The SMILES string of the molecule is COc1cc(-c2cnn(C)c2)ccc1-c1nc(N)nc2c(NCC(C)(C)C)nc(C)cc12. The number of pyridine rings is 1. The van der Waals surface area contributed by atoms with Crippen molar-refractivity contribution in [2.75, 3.05) is 24.7 Å². The number of aromatic nitrogens is 5. The number of benzene rings is 1. The number of nitrogens with zero attached hydrogens (tertiary/aromatic N) is 5. The van der Waals surface area contributed by atoms with Gasteiger partial charge in [0.15, 0.2) is 5.82 Å². The van der Waals surface area contributed by atoms with Gasteiger partial charge in [-0.05, 0) is 36.1 Å². The maximum atomic E-state index is 6.14. The zero-order valence-electron chi connectivity index (χ0n) is 19.4. The molecule has 0 amide bonds. The van der Waals surface area contributed by atoms with Crippen LogP contribution in [0, 0.1) is 12.3 Å². The van der Waals surface area contributed by atoms with Crippen LogP contribution in [0.1, 0.15) is 26.5 Å². The van der Waals surface area contributed by atoms with E-state index in [4.69, 9.17) is 10.5 Å². The molecule has 0 saturated heterocycles. The molecule has 0 fully saturated rings. The van der Waals surface area contributed by atoms with Gasteiger partial charge >= 0.3 is 0 Å². The second-order valence-corrected chi connectivity index (χ2v) is 9.17. The van der Waals surface area contributed by atoms with E-state index in [1.807, 2.05) is 50.6 Å². The molecule has 0 aliphatic heterocycles. The van der Waals surface area contributed by atoms with Crippen molar-refractivity contribution >= 4 is 22.7 Å². The third-order valence-electron chi connectivity index (χ3n) is 5.11. The van der Waals surface area contributed by atoms with Crippen LogP contribution in [-0.4, -0.2) is 38.4 Å². The van der Waals surface area contributed by atoms with E-state index >= 15 is 0 Å². The van der Waals surface area contributed by atoms with Gasteiger partial charge in [0, 0.05) is 42.0 Å². The zero-order chi connectivity index (χ0) is 23.0. The molecule has 4 rings (SSSR count). The van der Waals surface area contributed by atoms with E-state index in [1.54, 1.807) is 11.8 Å². The van der Waals surface area contributed by atoms with E-state index in [0.717, 1.165) is 34.3 Å². The first-order valence-electron chi connectivity index (χ1n) is 10.5. The summed E-state index contributed by atoms with van der Waals surface area (Å²) in [5, 5.41) is 8.57. The van der Waals surface area contributed by atoms with Crippen LogP contribution >= 0.6 is 0 Å². The van der Waals surface area contributed by atoms with Crippen LogP contribution in [0.5, 0.6) is 5.75 Å². The summed E-state index contributed by atoms with van der Waals surface area (Å²) < 4.78 is 7.52. The molecular weight excluding hydrogens is 402 g/mol. The van der Waals surface area contributed by atoms with Crippen LogP contribution in [0.25, 0.3) is 33.3 Å². The van der Waals surface area contributed by atoms with Crippen LogP contribution in [0.2, 0.25) is 0 Å². The van der Waals surface area contributed by atoms with Gasteiger partial charge in [-0.3, -0.25) is 4.68 Å². The lowest BCUT2D eigenvalue weighted by Gasteiger charge is -2.20. The van der Waals surface area contributed by atoms with Crippen LogP contribution in [0.3, 0.4) is 0 Å². The predicted octanol–water partition coefficient (Wildman–Crippen LogP) is 4.45. The smallest absolute Gasteiger partial charge is 0.221 e. The number of hydrogen-bond donors (Lipinski definition) is 2. The first kappa shape index (κ1) is 21.5. The maximum absolute atomic E-state index is 6.14. The second kappa shape index (κ2) is 8.11. The molecule has 0 atom stereocenters. The highest BCUT2D eigenvalue weighted by Gasteiger charge is 2.19. The minimum atomic E-state index is 0.0878. The summed E-state index contributed by atoms with van der Waals surface area (Å²) in [7, 11) is 3.55. The van der Waals surface area contributed by atoms with Crippen LogP contribution in [-0.2, 0) is 7.05 Å². The summed E-state index contributed by atoms with van der Waals surface area (Å²) in [6.07, 6.45) is 3.80. The monoisotopic (exact) mass is 431 g/mol. The van der Waals surface area contributed by atoms with E-state index < -0.39 is 0 Å². The molecule has 0 aliphatic rings. The van der Waals surface area contributed by atoms with Gasteiger partial charge in [0.2, 0.25) is 5.95 Å². The predicted molar refractivity (Wildman–Crippen MR) is 129 cm³/mol. The highest BCUT2D eigenvalue weighted by atomic mass is 16.5. The summed E-state index contributed by atoms with van der Waals surface area (Å²) in [6.45, 7) is 9.22. The molecule has 0 saturated carbocycles. The summed E-state index contributed by atoms with van der Waals surface area (Å²) in [5.74, 6) is 1.59. The van der Waals surface area contributed by atoms with Gasteiger partial charge in [-0.25, -0.2) is 15.0 Å². The Morgan fingerprint density at radius 3 is 2.53 bits per heavy atom. The molecule has 0 unspecified atom stereocenters. The van der Waals surface area contributed by atoms with Gasteiger partial charge in [-0.1, -0.05) is 26.8 Å². The molecular formula is C24H29N7O. The number of nitrogen functional groups attached to an aromatic ring is 1. The molecule has 3 aromatic heterocycles. The van der Waals surface area contributed by atoms with Gasteiger partial charge in [0.05, 0.1) is 19.0 Å². The molecule has 8 heteroatoms. The molecule has 0 aliphatic carbocycles. The maximum Gasteiger partial charge on any atom is 0.221 e. The summed E-state index contributed by atoms with van der Waals surface area (Å²) >= 11 is 0. The van der Waals surface area contributed by atoms with Crippen molar-refractivity contribution in [1.82, 2.24) is 24.7 Å². The highest BCUT2D eigenvalue weighted by molar-refractivity contribution is 6.00. The largest absolute Gasteiger partial charge is 0.496 e. The van der Waals surface area contributed by atoms with E-state index in [1.165, 1.54) is 0 Å². The summed E-state index contributed by atoms with van der Waals surface area (Å²) in [4.78, 5) is 13.8. The van der Waals surface area contributed by atoms with Crippen molar-refractivity contribution < 1.29 is 4.74 Å². The van der Waals surface area contributed by atoms with E-state index in [-0.39, 0.29) is 11.4 Å². The van der Waals surface area contributed by atoms with Gasteiger partial charge < -0.3 is 15.8 Å². The fraction of sp³-hybridized carbons (Fsp3) is 0.333. The average Bonchev–Trinajstić information content (AvgIpc) is 3.17. The molecule has 166 valence electrons. The summed E-state index contributed by atoms with van der Waals surface area (Å²) in [5.41, 5.74) is 11.4. The van der Waals surface area contributed by atoms with Crippen molar-refractivity contribution in [3.8, 4) is 28.1 Å². The molecule has 0 radical (unpaired) electrons. The molecule has 3 heterocycles. The van der Waals surface area contributed by atoms with Crippen LogP contribution < -0.4 is 15.8 Å². The molecule has 1 aromatic carbocycles. The Hall–Kier alpha value is -3.68. The number of rotatable bonds is 5. The highest BCUT2D eigenvalue weighted by Crippen LogP contribution is 2.38. The van der Waals surface area contributed by atoms with Gasteiger partial charge in [0.1, 0.15) is 11.3 Å². The average molecular weight is 432 g/mol. The lowest BCUT2D eigenvalue weighted by atomic mass is 9.97. The lowest BCUT2D eigenvalue weighted by molar-refractivity contribution is 0.416. The Labute approximate surface area is 187 Å². The van der Waals surface area contributed by atoms with Gasteiger partial charge in [-0.15, -0.1) is 0 Å². The van der Waals surface area contributed by atoms with Crippen LogP contribution in [0.4, 0.5) is 11.8 Å². The Kier molecular flexibility index (Phi) is 5.46. The number of aryl methyl sites for hydroxylation is 2. The Balaban J connectivity index is 1.88. The molecule has 8 nitrogen and oxygen atoms in total. The Morgan fingerprint density at radius 2 is 1.88 bits per heavy atom. The molecule has 0 bridgehead atoms. The normalized spacial score (nSPS) is 11.7. The minimum Gasteiger partial charge on any atom is -0.496 e. The van der Waals surface area contributed by atoms with Crippen molar-refractivity contribution in [2.45, 2.75) is 27.7 Å². The van der Waals surface area contributed by atoms with E-state index in [9.17, 15) is 0 Å². The number of hydrogen-bond acceptors (Lipinski definition) is 7. The number of fused-ring (bicyclic) bond motifs is 1. The first-order valence-corrected chi connectivity index (χ1v) is 10.5. The van der Waals surface area contributed by atoms with Crippen molar-refractivity contribution in [3.05, 3.63) is 42.4 Å². The van der Waals surface area contributed by atoms with Crippen LogP contribution in [0.15, 0.2) is 36.7 Å². The number of anilines is 2. The second-order valence-electron chi connectivity index (χ2n) is 9.17. The van der Waals surface area contributed by atoms with E-state index in [0.29, 0.717) is 22.8 Å². The fourth-order valence-corrected chi connectivity index (χ4v) is 3.59. The molecule has 4 aromatic rings. The molecule has 32 heavy (non-hydrogen) atoms. The topological polar surface area (TPSA) is 104 Å². The molecule has 0 spiro atoms. The summed E-state index contributed by atoms with van der Waals surface area (Å²) in [6, 6.07) is 8.01. The van der Waals surface area contributed by atoms with E-state index in [2.05, 4.69) is 46.1 Å². The molecule has 3 N–H and O–H groups in total. The quantitative estimate of drug-likeness (QED) is 0.481. The zero-order valence-corrected chi connectivity index (χ0v) is 19.4.